The molecule has 0 saturated carbocycles. The van der Waals surface area contributed by atoms with Gasteiger partial charge in [0.2, 0.25) is 5.91 Å². The molecule has 1 aromatic carbocycles. The SMILES string of the molecule is CCN(CC)CCCNC(=O)/C=C/c1cc2c(cn1)[nH]c1ccccc12. The van der Waals surface area contributed by atoms with Crippen LogP contribution in [0.25, 0.3) is 27.9 Å². The first-order valence-corrected chi connectivity index (χ1v) is 9.26. The molecule has 136 valence electrons. The van der Waals surface area contributed by atoms with Gasteiger partial charge in [-0.15, -0.1) is 0 Å². The minimum absolute atomic E-state index is 0.0784. The van der Waals surface area contributed by atoms with Crippen LogP contribution in [0.4, 0.5) is 0 Å². The average Bonchev–Trinajstić information content (AvgIpc) is 3.04. The predicted octanol–water partition coefficient (Wildman–Crippen LogP) is 3.58. The first-order chi connectivity index (χ1) is 12.7. The summed E-state index contributed by atoms with van der Waals surface area (Å²) < 4.78 is 0. The monoisotopic (exact) mass is 350 g/mol. The number of aromatic amines is 1. The number of hydrogen-bond acceptors (Lipinski definition) is 3. The first-order valence-electron chi connectivity index (χ1n) is 9.26. The molecule has 1 amide bonds. The second kappa shape index (κ2) is 8.63. The van der Waals surface area contributed by atoms with Crippen molar-refractivity contribution in [3.63, 3.8) is 0 Å². The van der Waals surface area contributed by atoms with Crippen molar-refractivity contribution in [2.75, 3.05) is 26.2 Å². The lowest BCUT2D eigenvalue weighted by atomic mass is 10.1. The van der Waals surface area contributed by atoms with Gasteiger partial charge in [-0.25, -0.2) is 0 Å². The Labute approximate surface area is 154 Å². The molecule has 3 aromatic rings. The summed E-state index contributed by atoms with van der Waals surface area (Å²) >= 11 is 0. The highest BCUT2D eigenvalue weighted by Gasteiger charge is 2.05. The maximum Gasteiger partial charge on any atom is 0.244 e. The van der Waals surface area contributed by atoms with E-state index in [4.69, 9.17) is 0 Å². The van der Waals surface area contributed by atoms with E-state index >= 15 is 0 Å². The fraction of sp³-hybridized carbons (Fsp3) is 0.333. The van der Waals surface area contributed by atoms with E-state index in [2.05, 4.69) is 46.2 Å². The van der Waals surface area contributed by atoms with Crippen molar-refractivity contribution in [3.05, 3.63) is 48.3 Å². The van der Waals surface area contributed by atoms with Crippen LogP contribution in [0.3, 0.4) is 0 Å². The second-order valence-corrected chi connectivity index (χ2v) is 6.33. The van der Waals surface area contributed by atoms with Gasteiger partial charge < -0.3 is 15.2 Å². The number of nitrogens with zero attached hydrogens (tertiary/aromatic N) is 2. The Morgan fingerprint density at radius 3 is 2.81 bits per heavy atom. The van der Waals surface area contributed by atoms with Gasteiger partial charge in [0.05, 0.1) is 17.4 Å². The number of pyridine rings is 1. The molecular weight excluding hydrogens is 324 g/mol. The van der Waals surface area contributed by atoms with Crippen LogP contribution < -0.4 is 5.32 Å². The number of rotatable bonds is 8. The smallest absolute Gasteiger partial charge is 0.244 e. The van der Waals surface area contributed by atoms with Gasteiger partial charge >= 0.3 is 0 Å². The molecule has 26 heavy (non-hydrogen) atoms. The maximum atomic E-state index is 12.0. The Kier molecular flexibility index (Phi) is 6.02. The molecular formula is C21H26N4O. The van der Waals surface area contributed by atoms with Gasteiger partial charge in [-0.3, -0.25) is 9.78 Å². The molecule has 0 bridgehead atoms. The van der Waals surface area contributed by atoms with Crippen molar-refractivity contribution in [1.82, 2.24) is 20.2 Å². The highest BCUT2D eigenvalue weighted by Crippen LogP contribution is 2.25. The Bertz CT molecular complexity index is 909. The largest absolute Gasteiger partial charge is 0.353 e. The number of carbonyl (C=O) groups is 1. The van der Waals surface area contributed by atoms with Crippen LogP contribution in [0.1, 0.15) is 26.0 Å². The van der Waals surface area contributed by atoms with E-state index in [1.807, 2.05) is 24.4 Å². The van der Waals surface area contributed by atoms with Crippen LogP contribution in [-0.4, -0.2) is 47.0 Å². The average molecular weight is 350 g/mol. The van der Waals surface area contributed by atoms with Gasteiger partial charge in [0.1, 0.15) is 0 Å². The zero-order chi connectivity index (χ0) is 18.4. The molecule has 5 heteroatoms. The lowest BCUT2D eigenvalue weighted by Crippen LogP contribution is -2.29. The van der Waals surface area contributed by atoms with Crippen molar-refractivity contribution < 1.29 is 4.79 Å². The number of hydrogen-bond donors (Lipinski definition) is 2. The number of amides is 1. The summed E-state index contributed by atoms with van der Waals surface area (Å²) in [6, 6.07) is 10.2. The summed E-state index contributed by atoms with van der Waals surface area (Å²) in [5.41, 5.74) is 2.88. The quantitative estimate of drug-likeness (QED) is 0.482. The number of H-pyrrole nitrogens is 1. The zero-order valence-corrected chi connectivity index (χ0v) is 15.5. The second-order valence-electron chi connectivity index (χ2n) is 6.33. The van der Waals surface area contributed by atoms with Crippen LogP contribution in [0.5, 0.6) is 0 Å². The van der Waals surface area contributed by atoms with Gasteiger partial charge in [-0.2, -0.15) is 0 Å². The van der Waals surface area contributed by atoms with Crippen molar-refractivity contribution in [3.8, 4) is 0 Å². The van der Waals surface area contributed by atoms with E-state index in [0.717, 1.165) is 48.2 Å². The molecule has 0 fully saturated rings. The van der Waals surface area contributed by atoms with Crippen LogP contribution in [0, 0.1) is 0 Å². The summed E-state index contributed by atoms with van der Waals surface area (Å²) in [5.74, 6) is -0.0784. The standard InChI is InChI=1S/C21H26N4O/c1-3-25(4-2)13-7-12-22-21(26)11-10-16-14-18-17-8-5-6-9-19(17)24-20(18)15-23-16/h5-6,8-11,14-15,24H,3-4,7,12-13H2,1-2H3,(H,22,26)/b11-10+. The molecule has 2 aromatic heterocycles. The number of nitrogens with one attached hydrogen (secondary N) is 2. The predicted molar refractivity (Wildman–Crippen MR) is 108 cm³/mol. The van der Waals surface area contributed by atoms with Crippen LogP contribution in [-0.2, 0) is 4.79 Å². The van der Waals surface area contributed by atoms with Gasteiger partial charge in [-0.1, -0.05) is 32.0 Å². The van der Waals surface area contributed by atoms with E-state index < -0.39 is 0 Å². The lowest BCUT2D eigenvalue weighted by Gasteiger charge is -2.17. The number of para-hydroxylation sites is 1. The number of benzene rings is 1. The molecule has 0 unspecified atom stereocenters. The van der Waals surface area contributed by atoms with Crippen molar-refractivity contribution in [1.29, 1.82) is 0 Å². The van der Waals surface area contributed by atoms with Crippen LogP contribution in [0.2, 0.25) is 0 Å². The molecule has 0 saturated heterocycles. The fourth-order valence-electron chi connectivity index (χ4n) is 3.13. The van der Waals surface area contributed by atoms with Gasteiger partial charge in [0, 0.05) is 28.9 Å². The van der Waals surface area contributed by atoms with Crippen LogP contribution in [0.15, 0.2) is 42.6 Å². The van der Waals surface area contributed by atoms with Gasteiger partial charge in [0.15, 0.2) is 0 Å². The van der Waals surface area contributed by atoms with E-state index in [0.29, 0.717) is 6.54 Å². The van der Waals surface area contributed by atoms with E-state index in [1.54, 1.807) is 12.2 Å². The minimum Gasteiger partial charge on any atom is -0.353 e. The number of aromatic nitrogens is 2. The third kappa shape index (κ3) is 4.29. The van der Waals surface area contributed by atoms with Gasteiger partial charge in [0.25, 0.3) is 0 Å². The molecule has 2 N–H and O–H groups in total. The summed E-state index contributed by atoms with van der Waals surface area (Å²) in [5, 5.41) is 5.22. The molecule has 0 atom stereocenters. The molecule has 0 aliphatic carbocycles. The topological polar surface area (TPSA) is 61.0 Å². The fourth-order valence-corrected chi connectivity index (χ4v) is 3.13. The van der Waals surface area contributed by atoms with E-state index in [1.165, 1.54) is 5.39 Å². The Hall–Kier alpha value is -2.66. The molecule has 5 nitrogen and oxygen atoms in total. The lowest BCUT2D eigenvalue weighted by molar-refractivity contribution is -0.116. The molecule has 0 aliphatic heterocycles. The third-order valence-electron chi connectivity index (χ3n) is 4.66. The summed E-state index contributed by atoms with van der Waals surface area (Å²) in [6.07, 6.45) is 6.10. The Morgan fingerprint density at radius 2 is 2.00 bits per heavy atom. The summed E-state index contributed by atoms with van der Waals surface area (Å²) in [7, 11) is 0. The van der Waals surface area contributed by atoms with E-state index in [-0.39, 0.29) is 5.91 Å². The van der Waals surface area contributed by atoms with Gasteiger partial charge in [-0.05, 0) is 44.3 Å². The molecule has 0 aliphatic rings. The zero-order valence-electron chi connectivity index (χ0n) is 15.5. The highest BCUT2D eigenvalue weighted by molar-refractivity contribution is 6.07. The number of fused-ring (bicyclic) bond motifs is 3. The molecule has 3 rings (SSSR count). The number of carbonyl (C=O) groups excluding carboxylic acids is 1. The highest BCUT2D eigenvalue weighted by atomic mass is 16.1. The van der Waals surface area contributed by atoms with Crippen molar-refractivity contribution >= 4 is 33.8 Å². The minimum atomic E-state index is -0.0784. The van der Waals surface area contributed by atoms with E-state index in [9.17, 15) is 4.79 Å². The normalized spacial score (nSPS) is 11.8. The van der Waals surface area contributed by atoms with Crippen molar-refractivity contribution in [2.24, 2.45) is 0 Å². The Morgan fingerprint density at radius 1 is 1.19 bits per heavy atom. The van der Waals surface area contributed by atoms with Crippen LogP contribution >= 0.6 is 0 Å². The first kappa shape index (κ1) is 18.1. The van der Waals surface area contributed by atoms with Crippen molar-refractivity contribution in [2.45, 2.75) is 20.3 Å². The maximum absolute atomic E-state index is 12.0. The molecule has 2 heterocycles. The summed E-state index contributed by atoms with van der Waals surface area (Å²) in [6.45, 7) is 8.10. The Balaban J connectivity index is 1.59. The summed E-state index contributed by atoms with van der Waals surface area (Å²) in [4.78, 5) is 22.1. The molecule has 0 spiro atoms. The molecule has 0 radical (unpaired) electrons. The third-order valence-corrected chi connectivity index (χ3v) is 4.66.